The van der Waals surface area contributed by atoms with Gasteiger partial charge in [-0.3, -0.25) is 9.36 Å². The molecule has 0 spiro atoms. The number of fused-ring (bicyclic) bond motifs is 2. The normalized spacial score (nSPS) is 14.8. The molecule has 1 aliphatic rings. The first-order valence-electron chi connectivity index (χ1n) is 13.7. The predicted octanol–water partition coefficient (Wildman–Crippen LogP) is 4.88. The lowest BCUT2D eigenvalue weighted by molar-refractivity contribution is 0.0691. The maximum absolute atomic E-state index is 13.7. The molecule has 0 saturated carbocycles. The third-order valence-electron chi connectivity index (χ3n) is 7.86. The van der Waals surface area contributed by atoms with E-state index in [0.717, 1.165) is 59.6 Å². The molecule has 0 amide bonds. The third-order valence-corrected chi connectivity index (χ3v) is 8.07. The minimum atomic E-state index is -1.19. The van der Waals surface area contributed by atoms with E-state index in [4.69, 9.17) is 16.6 Å². The minimum Gasteiger partial charge on any atom is -0.476 e. The zero-order valence-electron chi connectivity index (χ0n) is 23.4. The second-order valence-electron chi connectivity index (χ2n) is 10.6. The molecule has 1 atom stereocenters. The molecule has 1 saturated heterocycles. The summed E-state index contributed by atoms with van der Waals surface area (Å²) in [5.41, 5.74) is 3.21. The van der Waals surface area contributed by atoms with Crippen molar-refractivity contribution in [1.82, 2.24) is 29.5 Å². The summed E-state index contributed by atoms with van der Waals surface area (Å²) in [6.07, 6.45) is 6.69. The van der Waals surface area contributed by atoms with E-state index in [-0.39, 0.29) is 28.4 Å². The molecule has 42 heavy (non-hydrogen) atoms. The fraction of sp³-hybridized carbons (Fsp3) is 0.300. The van der Waals surface area contributed by atoms with Crippen LogP contribution in [0.5, 0.6) is 0 Å². The van der Waals surface area contributed by atoms with Crippen LogP contribution in [-0.2, 0) is 7.05 Å². The highest BCUT2D eigenvalue weighted by atomic mass is 35.5. The minimum absolute atomic E-state index is 0.0751. The molecule has 0 bridgehead atoms. The lowest BCUT2D eigenvalue weighted by Crippen LogP contribution is -2.36. The van der Waals surface area contributed by atoms with Gasteiger partial charge in [-0.25, -0.2) is 29.7 Å². The summed E-state index contributed by atoms with van der Waals surface area (Å²) in [4.78, 5) is 49.9. The van der Waals surface area contributed by atoms with Crippen LogP contribution in [0.4, 0.5) is 11.5 Å². The Balaban J connectivity index is 1.33. The fourth-order valence-electron chi connectivity index (χ4n) is 5.78. The van der Waals surface area contributed by atoms with Gasteiger partial charge in [0, 0.05) is 44.0 Å². The van der Waals surface area contributed by atoms with Crippen molar-refractivity contribution in [2.45, 2.75) is 38.6 Å². The molecule has 1 fully saturated rings. The van der Waals surface area contributed by atoms with Gasteiger partial charge in [-0.1, -0.05) is 17.7 Å². The van der Waals surface area contributed by atoms with Crippen molar-refractivity contribution in [3.63, 3.8) is 0 Å². The van der Waals surface area contributed by atoms with Gasteiger partial charge in [0.05, 0.1) is 33.5 Å². The number of hydrogen-bond donors (Lipinski definition) is 2. The quantitative estimate of drug-likeness (QED) is 0.265. The summed E-state index contributed by atoms with van der Waals surface area (Å²) in [5, 5.41) is 14.4. The lowest BCUT2D eigenvalue weighted by Gasteiger charge is -2.33. The summed E-state index contributed by atoms with van der Waals surface area (Å²) in [5.74, 6) is 0.485. The zero-order valence-corrected chi connectivity index (χ0v) is 24.1. The van der Waals surface area contributed by atoms with Gasteiger partial charge in [-0.15, -0.1) is 0 Å². The molecule has 1 unspecified atom stereocenters. The second kappa shape index (κ2) is 11.0. The van der Waals surface area contributed by atoms with Crippen LogP contribution in [0.2, 0.25) is 5.15 Å². The molecule has 1 aromatic carbocycles. The van der Waals surface area contributed by atoms with Crippen molar-refractivity contribution in [1.29, 1.82) is 0 Å². The van der Waals surface area contributed by atoms with E-state index in [0.29, 0.717) is 16.6 Å². The Bertz CT molecular complexity index is 1900. The number of nitrogens with zero attached hydrogens (tertiary/aromatic N) is 7. The molecule has 2 N–H and O–H groups in total. The number of aromatic nitrogens is 6. The molecule has 11 nitrogen and oxygen atoms in total. The third kappa shape index (κ3) is 5.00. The average Bonchev–Trinajstić information content (AvgIpc) is 2.99. The van der Waals surface area contributed by atoms with Gasteiger partial charge in [0.25, 0.3) is 5.56 Å². The van der Waals surface area contributed by atoms with Gasteiger partial charge in [0.15, 0.2) is 5.69 Å². The molecule has 12 heteroatoms. The highest BCUT2D eigenvalue weighted by molar-refractivity contribution is 6.29. The Morgan fingerprint density at radius 1 is 1.12 bits per heavy atom. The summed E-state index contributed by atoms with van der Waals surface area (Å²) >= 11 is 5.94. The van der Waals surface area contributed by atoms with Crippen LogP contribution in [0.25, 0.3) is 21.8 Å². The molecule has 5 aromatic rings. The molecule has 6 rings (SSSR count). The number of nitrogens with one attached hydrogen (secondary N) is 1. The number of halogens is 1. The molecule has 0 radical (unpaired) electrons. The van der Waals surface area contributed by atoms with E-state index in [9.17, 15) is 14.7 Å². The van der Waals surface area contributed by atoms with Crippen molar-refractivity contribution in [3.05, 3.63) is 87.2 Å². The Labute approximate surface area is 246 Å². The molecular weight excluding hydrogens is 556 g/mol. The second-order valence-corrected chi connectivity index (χ2v) is 11.0. The Kier molecular flexibility index (Phi) is 7.19. The van der Waals surface area contributed by atoms with E-state index < -0.39 is 5.97 Å². The summed E-state index contributed by atoms with van der Waals surface area (Å²) in [6, 6.07) is 8.48. The number of aryl methyl sites for hydroxylation is 1. The number of carboxylic acid groups (broad SMARTS) is 1. The standard InChI is InChI=1S/C30H29ClN8O3/c1-16-12-19(17(2)35-23-4-5-24(31)36-26(23)30(41)42)25-20(13-16)29(40)38(3)27(37-25)18-7-10-39(11-8-18)28-21-14-32-15-34-22(21)6-9-33-28/h4-6,9,12-15,17-18,35H,7-8,10-11H2,1-3H3,(H,41,42). The number of benzene rings is 1. The number of pyridine rings is 2. The van der Waals surface area contributed by atoms with Crippen LogP contribution in [0.1, 0.15) is 59.2 Å². The molecule has 4 aromatic heterocycles. The number of anilines is 2. The SMILES string of the molecule is Cc1cc(C(C)Nc2ccc(Cl)nc2C(=O)O)c2nc(C3CCN(c4nccc5ncncc45)CC3)n(C)c(=O)c2c1. The van der Waals surface area contributed by atoms with Gasteiger partial charge in [0.2, 0.25) is 0 Å². The van der Waals surface area contributed by atoms with Crippen molar-refractivity contribution in [3.8, 4) is 0 Å². The van der Waals surface area contributed by atoms with Gasteiger partial charge < -0.3 is 15.3 Å². The number of aromatic carboxylic acids is 1. The summed E-state index contributed by atoms with van der Waals surface area (Å²) in [6.45, 7) is 5.34. The monoisotopic (exact) mass is 584 g/mol. The fourth-order valence-corrected chi connectivity index (χ4v) is 5.93. The molecule has 0 aliphatic carbocycles. The number of hydrogen-bond acceptors (Lipinski definition) is 9. The Morgan fingerprint density at radius 2 is 1.90 bits per heavy atom. The van der Waals surface area contributed by atoms with Crippen molar-refractivity contribution in [2.24, 2.45) is 7.05 Å². The van der Waals surface area contributed by atoms with E-state index in [1.807, 2.05) is 32.0 Å². The molecular formula is C30H29ClN8O3. The first kappa shape index (κ1) is 27.5. The van der Waals surface area contributed by atoms with E-state index in [1.54, 1.807) is 30.1 Å². The average molecular weight is 585 g/mol. The van der Waals surface area contributed by atoms with Crippen molar-refractivity contribution in [2.75, 3.05) is 23.3 Å². The maximum atomic E-state index is 13.7. The first-order valence-corrected chi connectivity index (χ1v) is 14.1. The highest BCUT2D eigenvalue weighted by Crippen LogP contribution is 2.33. The first-order chi connectivity index (χ1) is 20.2. The summed E-state index contributed by atoms with van der Waals surface area (Å²) in [7, 11) is 1.78. The van der Waals surface area contributed by atoms with Gasteiger partial charge in [0.1, 0.15) is 23.1 Å². The van der Waals surface area contributed by atoms with Gasteiger partial charge in [-0.05, 0) is 56.5 Å². The molecule has 1 aliphatic heterocycles. The van der Waals surface area contributed by atoms with Crippen molar-refractivity contribution >= 4 is 50.9 Å². The Morgan fingerprint density at radius 3 is 2.67 bits per heavy atom. The van der Waals surface area contributed by atoms with Gasteiger partial charge >= 0.3 is 5.97 Å². The topological polar surface area (TPSA) is 139 Å². The molecule has 5 heterocycles. The number of rotatable bonds is 6. The Hall–Kier alpha value is -4.64. The number of piperidine rings is 1. The summed E-state index contributed by atoms with van der Waals surface area (Å²) < 4.78 is 1.67. The van der Waals surface area contributed by atoms with Crippen LogP contribution < -0.4 is 15.8 Å². The van der Waals surface area contributed by atoms with Crippen LogP contribution in [0, 0.1) is 6.92 Å². The highest BCUT2D eigenvalue weighted by Gasteiger charge is 2.27. The zero-order chi connectivity index (χ0) is 29.5. The van der Waals surface area contributed by atoms with Crippen LogP contribution >= 0.6 is 11.6 Å². The van der Waals surface area contributed by atoms with E-state index in [1.165, 1.54) is 12.4 Å². The predicted molar refractivity (Wildman–Crippen MR) is 161 cm³/mol. The number of carboxylic acids is 1. The molecule has 214 valence electrons. The van der Waals surface area contributed by atoms with Gasteiger partial charge in [-0.2, -0.15) is 0 Å². The van der Waals surface area contributed by atoms with Crippen LogP contribution in [0.15, 0.2) is 53.8 Å². The van der Waals surface area contributed by atoms with E-state index in [2.05, 4.69) is 30.2 Å². The van der Waals surface area contributed by atoms with Crippen LogP contribution in [0.3, 0.4) is 0 Å². The van der Waals surface area contributed by atoms with Crippen LogP contribution in [-0.4, -0.2) is 53.7 Å². The lowest BCUT2D eigenvalue weighted by atomic mass is 9.94. The smallest absolute Gasteiger partial charge is 0.356 e. The maximum Gasteiger partial charge on any atom is 0.356 e. The van der Waals surface area contributed by atoms with Crippen molar-refractivity contribution < 1.29 is 9.90 Å². The largest absolute Gasteiger partial charge is 0.476 e. The van der Waals surface area contributed by atoms with E-state index >= 15 is 0 Å². The number of carbonyl (C=O) groups is 1.